The Morgan fingerprint density at radius 2 is 1.89 bits per heavy atom. The van der Waals surface area contributed by atoms with Crippen LogP contribution in [-0.4, -0.2) is 76.4 Å². The number of rotatable bonds is 11. The first-order valence-electron chi connectivity index (χ1n) is 9.44. The van der Waals surface area contributed by atoms with Crippen molar-refractivity contribution in [3.8, 4) is 0 Å². The average Bonchev–Trinajstić information content (AvgIpc) is 2.70. The Balaban J connectivity index is 1.62. The zero-order chi connectivity index (χ0) is 19.3. The molecule has 0 bridgehead atoms. The van der Waals surface area contributed by atoms with Gasteiger partial charge in [-0.05, 0) is 31.7 Å². The van der Waals surface area contributed by atoms with E-state index in [2.05, 4.69) is 50.0 Å². The van der Waals surface area contributed by atoms with Gasteiger partial charge in [-0.1, -0.05) is 18.2 Å². The van der Waals surface area contributed by atoms with E-state index in [1.54, 1.807) is 14.2 Å². The molecule has 0 atom stereocenters. The van der Waals surface area contributed by atoms with Crippen molar-refractivity contribution in [3.05, 3.63) is 36.4 Å². The molecule has 7 nitrogen and oxygen atoms in total. The molecule has 0 saturated heterocycles. The smallest absolute Gasteiger partial charge is 0.191 e. The minimum absolute atomic E-state index is 0.762. The highest BCUT2D eigenvalue weighted by atomic mass is 16.5. The number of aromatic nitrogens is 1. The number of fused-ring (bicyclic) bond motifs is 1. The number of hydrogen-bond acceptors (Lipinski definition) is 5. The Hall–Kier alpha value is -2.38. The number of para-hydroxylation sites is 1. The first-order valence-corrected chi connectivity index (χ1v) is 9.44. The summed E-state index contributed by atoms with van der Waals surface area (Å²) in [6.07, 6.45) is 1.05. The normalized spacial score (nSPS) is 11.8. The molecule has 2 aromatic rings. The molecule has 1 heterocycles. The van der Waals surface area contributed by atoms with Crippen LogP contribution in [0.5, 0.6) is 0 Å². The number of pyridine rings is 1. The lowest BCUT2D eigenvalue weighted by Gasteiger charge is -2.18. The van der Waals surface area contributed by atoms with E-state index in [4.69, 9.17) is 4.74 Å². The van der Waals surface area contributed by atoms with Crippen LogP contribution in [0.1, 0.15) is 6.42 Å². The highest BCUT2D eigenvalue weighted by Crippen LogP contribution is 2.13. The summed E-state index contributed by atoms with van der Waals surface area (Å²) in [6.45, 7) is 5.18. The predicted molar refractivity (Wildman–Crippen MR) is 114 cm³/mol. The number of guanidine groups is 1. The van der Waals surface area contributed by atoms with E-state index in [0.717, 1.165) is 68.4 Å². The number of aliphatic imine (C=N–C) groups is 1. The van der Waals surface area contributed by atoms with Gasteiger partial charge in [-0.2, -0.15) is 0 Å². The molecule has 3 N–H and O–H groups in total. The van der Waals surface area contributed by atoms with E-state index >= 15 is 0 Å². The maximum absolute atomic E-state index is 5.08. The van der Waals surface area contributed by atoms with Crippen LogP contribution >= 0.6 is 0 Å². The van der Waals surface area contributed by atoms with Crippen LogP contribution < -0.4 is 16.0 Å². The van der Waals surface area contributed by atoms with E-state index in [1.165, 1.54) is 0 Å². The molecular weight excluding hydrogens is 340 g/mol. The van der Waals surface area contributed by atoms with E-state index in [0.29, 0.717) is 0 Å². The minimum Gasteiger partial charge on any atom is -0.385 e. The summed E-state index contributed by atoms with van der Waals surface area (Å²) in [5.74, 6) is 1.70. The van der Waals surface area contributed by atoms with Gasteiger partial charge in [0, 0.05) is 58.9 Å². The lowest BCUT2D eigenvalue weighted by Crippen LogP contribution is -2.42. The molecule has 0 spiro atoms. The lowest BCUT2D eigenvalue weighted by atomic mass is 10.2. The second-order valence-electron chi connectivity index (χ2n) is 6.39. The number of likely N-dealkylation sites (N-methyl/N-ethyl adjacent to an activating group) is 1. The maximum Gasteiger partial charge on any atom is 0.191 e. The van der Waals surface area contributed by atoms with Crippen molar-refractivity contribution in [1.29, 1.82) is 0 Å². The van der Waals surface area contributed by atoms with Crippen LogP contribution in [0.4, 0.5) is 5.82 Å². The first kappa shape index (κ1) is 20.9. The number of benzene rings is 1. The Labute approximate surface area is 162 Å². The van der Waals surface area contributed by atoms with Crippen LogP contribution in [0.25, 0.3) is 10.9 Å². The second-order valence-corrected chi connectivity index (χ2v) is 6.39. The second kappa shape index (κ2) is 12.1. The standard InChI is InChI=1S/C20H32N6O/c1-21-20(24-13-15-26(2)14-6-16-27-3)23-12-11-22-19-10-9-17-7-4-5-8-18(17)25-19/h4-5,7-10H,6,11-16H2,1-3H3,(H,22,25)(H2,21,23,24). The molecule has 0 aliphatic rings. The topological polar surface area (TPSA) is 73.8 Å². The molecule has 0 radical (unpaired) electrons. The fourth-order valence-corrected chi connectivity index (χ4v) is 2.71. The summed E-state index contributed by atoms with van der Waals surface area (Å²) < 4.78 is 5.08. The van der Waals surface area contributed by atoms with E-state index < -0.39 is 0 Å². The number of methoxy groups -OCH3 is 1. The molecule has 27 heavy (non-hydrogen) atoms. The highest BCUT2D eigenvalue weighted by Gasteiger charge is 2.01. The molecular formula is C20H32N6O. The van der Waals surface area contributed by atoms with E-state index in [1.807, 2.05) is 24.3 Å². The van der Waals surface area contributed by atoms with E-state index in [-0.39, 0.29) is 0 Å². The van der Waals surface area contributed by atoms with Crippen LogP contribution in [0, 0.1) is 0 Å². The molecule has 2 rings (SSSR count). The molecule has 0 unspecified atom stereocenters. The van der Waals surface area contributed by atoms with Gasteiger partial charge >= 0.3 is 0 Å². The Bertz CT molecular complexity index is 706. The van der Waals surface area contributed by atoms with Crippen molar-refractivity contribution in [1.82, 2.24) is 20.5 Å². The van der Waals surface area contributed by atoms with Gasteiger partial charge in [0.15, 0.2) is 5.96 Å². The van der Waals surface area contributed by atoms with Crippen molar-refractivity contribution < 1.29 is 4.74 Å². The Kier molecular flexibility index (Phi) is 9.37. The number of ether oxygens (including phenoxy) is 1. The minimum atomic E-state index is 0.762. The number of anilines is 1. The van der Waals surface area contributed by atoms with Crippen molar-refractivity contribution in [2.24, 2.45) is 4.99 Å². The van der Waals surface area contributed by atoms with Crippen molar-refractivity contribution >= 4 is 22.7 Å². The monoisotopic (exact) mass is 372 g/mol. The van der Waals surface area contributed by atoms with Gasteiger partial charge in [0.05, 0.1) is 5.52 Å². The Morgan fingerprint density at radius 3 is 2.70 bits per heavy atom. The SMILES string of the molecule is CN=C(NCCNc1ccc2ccccc2n1)NCCN(C)CCCOC. The van der Waals surface area contributed by atoms with Gasteiger partial charge in [0.1, 0.15) is 5.82 Å². The molecule has 148 valence electrons. The number of nitrogens with zero attached hydrogens (tertiary/aromatic N) is 3. The molecule has 0 saturated carbocycles. The average molecular weight is 373 g/mol. The molecule has 0 fully saturated rings. The number of hydrogen-bond donors (Lipinski definition) is 3. The molecule has 0 aliphatic heterocycles. The third kappa shape index (κ3) is 7.80. The predicted octanol–water partition coefficient (Wildman–Crippen LogP) is 1.78. The largest absolute Gasteiger partial charge is 0.385 e. The lowest BCUT2D eigenvalue weighted by molar-refractivity contribution is 0.180. The van der Waals surface area contributed by atoms with Crippen molar-refractivity contribution in [3.63, 3.8) is 0 Å². The molecule has 1 aromatic heterocycles. The van der Waals surface area contributed by atoms with Gasteiger partial charge in [-0.3, -0.25) is 4.99 Å². The van der Waals surface area contributed by atoms with E-state index in [9.17, 15) is 0 Å². The molecule has 0 aliphatic carbocycles. The third-order valence-corrected chi connectivity index (χ3v) is 4.22. The fourth-order valence-electron chi connectivity index (χ4n) is 2.71. The van der Waals surface area contributed by atoms with Crippen LogP contribution in [0.3, 0.4) is 0 Å². The van der Waals surface area contributed by atoms with Gasteiger partial charge in [0.25, 0.3) is 0 Å². The summed E-state index contributed by atoms with van der Waals surface area (Å²) in [5, 5.41) is 11.1. The molecule has 1 aromatic carbocycles. The number of nitrogens with one attached hydrogen (secondary N) is 3. The van der Waals surface area contributed by atoms with Crippen LogP contribution in [0.15, 0.2) is 41.4 Å². The highest BCUT2D eigenvalue weighted by molar-refractivity contribution is 5.80. The Morgan fingerprint density at radius 1 is 1.07 bits per heavy atom. The van der Waals surface area contributed by atoms with Gasteiger partial charge in [-0.15, -0.1) is 0 Å². The summed E-state index contributed by atoms with van der Waals surface area (Å²) in [7, 11) is 5.64. The van der Waals surface area contributed by atoms with Crippen LogP contribution in [-0.2, 0) is 4.74 Å². The maximum atomic E-state index is 5.08. The first-order chi connectivity index (χ1) is 13.2. The summed E-state index contributed by atoms with van der Waals surface area (Å²) in [4.78, 5) is 11.2. The zero-order valence-corrected chi connectivity index (χ0v) is 16.7. The summed E-state index contributed by atoms with van der Waals surface area (Å²) in [5.41, 5.74) is 1.00. The third-order valence-electron chi connectivity index (χ3n) is 4.22. The summed E-state index contributed by atoms with van der Waals surface area (Å²) in [6, 6.07) is 12.2. The van der Waals surface area contributed by atoms with Crippen molar-refractivity contribution in [2.75, 3.05) is 65.9 Å². The zero-order valence-electron chi connectivity index (χ0n) is 16.7. The van der Waals surface area contributed by atoms with Crippen LogP contribution in [0.2, 0.25) is 0 Å². The fraction of sp³-hybridized carbons (Fsp3) is 0.500. The quantitative estimate of drug-likeness (QED) is 0.317. The van der Waals surface area contributed by atoms with Gasteiger partial charge in [-0.25, -0.2) is 4.98 Å². The molecule has 0 amide bonds. The molecule has 7 heteroatoms. The summed E-state index contributed by atoms with van der Waals surface area (Å²) >= 11 is 0. The van der Waals surface area contributed by atoms with Gasteiger partial charge in [0.2, 0.25) is 0 Å². The van der Waals surface area contributed by atoms with Crippen molar-refractivity contribution in [2.45, 2.75) is 6.42 Å². The van der Waals surface area contributed by atoms with Gasteiger partial charge < -0.3 is 25.6 Å².